The zero-order valence-corrected chi connectivity index (χ0v) is 14.9. The normalized spacial score (nSPS) is 14.8. The molecule has 5 heteroatoms. The van der Waals surface area contributed by atoms with Gasteiger partial charge in [0.25, 0.3) is 0 Å². The van der Waals surface area contributed by atoms with E-state index in [9.17, 15) is 14.7 Å². The lowest BCUT2D eigenvalue weighted by Gasteiger charge is -2.21. The van der Waals surface area contributed by atoms with Crippen molar-refractivity contribution in [1.82, 2.24) is 5.32 Å². The molecule has 3 rings (SSSR count). The van der Waals surface area contributed by atoms with Gasteiger partial charge in [-0.15, -0.1) is 0 Å². The first kappa shape index (κ1) is 18.0. The van der Waals surface area contributed by atoms with E-state index in [4.69, 9.17) is 4.74 Å². The minimum Gasteiger partial charge on any atom is -0.480 e. The van der Waals surface area contributed by atoms with Crippen molar-refractivity contribution >= 4 is 12.1 Å². The van der Waals surface area contributed by atoms with Gasteiger partial charge in [0.2, 0.25) is 0 Å². The van der Waals surface area contributed by atoms with Crippen molar-refractivity contribution in [1.29, 1.82) is 0 Å². The second-order valence-electron chi connectivity index (χ2n) is 6.67. The first-order valence-electron chi connectivity index (χ1n) is 8.87. The smallest absolute Gasteiger partial charge is 0.407 e. The zero-order valence-electron chi connectivity index (χ0n) is 14.9. The highest BCUT2D eigenvalue weighted by Gasteiger charge is 2.30. The van der Waals surface area contributed by atoms with Crippen molar-refractivity contribution < 1.29 is 19.4 Å². The van der Waals surface area contributed by atoms with Gasteiger partial charge in [-0.1, -0.05) is 68.8 Å². The van der Waals surface area contributed by atoms with Crippen LogP contribution < -0.4 is 5.32 Å². The SMILES string of the molecule is CCC(C)[C@H]([15NH]C(=O)OCC1c2ccccc2-c2ccccc21)C(=O)O. The van der Waals surface area contributed by atoms with E-state index in [0.29, 0.717) is 6.42 Å². The van der Waals surface area contributed by atoms with Crippen LogP contribution in [0, 0.1) is 5.92 Å². The van der Waals surface area contributed by atoms with Crippen LogP contribution >= 0.6 is 0 Å². The Labute approximate surface area is 153 Å². The number of amides is 1. The van der Waals surface area contributed by atoms with Crippen LogP contribution in [-0.2, 0) is 9.53 Å². The maximum absolute atomic E-state index is 12.2. The third-order valence-corrected chi connectivity index (χ3v) is 5.10. The Balaban J connectivity index is 1.72. The molecule has 5 nitrogen and oxygen atoms in total. The summed E-state index contributed by atoms with van der Waals surface area (Å²) in [6.07, 6.45) is -0.0415. The predicted molar refractivity (Wildman–Crippen MR) is 99.1 cm³/mol. The number of carboxylic acid groups (broad SMARTS) is 1. The Bertz CT molecular complexity index is 772. The Morgan fingerprint density at radius 3 is 2.12 bits per heavy atom. The average molecular weight is 354 g/mol. The first-order valence-corrected chi connectivity index (χ1v) is 8.87. The van der Waals surface area contributed by atoms with Gasteiger partial charge in [0.05, 0.1) is 0 Å². The van der Waals surface area contributed by atoms with Crippen molar-refractivity contribution in [2.24, 2.45) is 5.92 Å². The molecular weight excluding hydrogens is 331 g/mol. The molecule has 1 amide bonds. The highest BCUT2D eigenvalue weighted by molar-refractivity contribution is 5.81. The van der Waals surface area contributed by atoms with Crippen molar-refractivity contribution in [2.45, 2.75) is 32.2 Å². The van der Waals surface area contributed by atoms with Gasteiger partial charge in [0.15, 0.2) is 0 Å². The van der Waals surface area contributed by atoms with Crippen LogP contribution in [0.1, 0.15) is 37.3 Å². The fourth-order valence-electron chi connectivity index (χ4n) is 3.45. The molecule has 2 N–H and O–H groups in total. The second kappa shape index (κ2) is 7.60. The number of hydrogen-bond donors (Lipinski definition) is 2. The lowest BCUT2D eigenvalue weighted by atomic mass is 9.98. The third-order valence-electron chi connectivity index (χ3n) is 5.10. The average Bonchev–Trinajstić information content (AvgIpc) is 2.97. The Morgan fingerprint density at radius 1 is 1.08 bits per heavy atom. The van der Waals surface area contributed by atoms with Gasteiger partial charge in [-0.25, -0.2) is 9.59 Å². The maximum Gasteiger partial charge on any atom is 0.407 e. The minimum atomic E-state index is -1.05. The number of benzene rings is 2. The molecule has 2 atom stereocenters. The van der Waals surface area contributed by atoms with Crippen LogP contribution in [0.15, 0.2) is 48.5 Å². The molecule has 0 saturated heterocycles. The van der Waals surface area contributed by atoms with Crippen LogP contribution in [0.5, 0.6) is 0 Å². The molecule has 2 aromatic rings. The van der Waals surface area contributed by atoms with Gasteiger partial charge >= 0.3 is 12.1 Å². The van der Waals surface area contributed by atoms with Crippen molar-refractivity contribution in [3.05, 3.63) is 59.7 Å². The highest BCUT2D eigenvalue weighted by Crippen LogP contribution is 2.44. The zero-order chi connectivity index (χ0) is 18.7. The van der Waals surface area contributed by atoms with Crippen molar-refractivity contribution in [3.63, 3.8) is 0 Å². The predicted octanol–water partition coefficient (Wildman–Crippen LogP) is 4.02. The van der Waals surface area contributed by atoms with Crippen LogP contribution in [0.2, 0.25) is 0 Å². The Morgan fingerprint density at radius 2 is 1.62 bits per heavy atom. The highest BCUT2D eigenvalue weighted by atomic mass is 16.6. The van der Waals surface area contributed by atoms with E-state index in [1.54, 1.807) is 6.92 Å². The molecule has 1 aliphatic rings. The summed E-state index contributed by atoms with van der Waals surface area (Å²) in [5, 5.41) is 11.8. The molecule has 0 bridgehead atoms. The Hall–Kier alpha value is -2.82. The summed E-state index contributed by atoms with van der Waals surface area (Å²) in [6, 6.07) is 15.2. The number of rotatable bonds is 6. The quantitative estimate of drug-likeness (QED) is 0.768. The summed E-state index contributed by atoms with van der Waals surface area (Å²) in [7, 11) is 0. The second-order valence-corrected chi connectivity index (χ2v) is 6.67. The molecule has 0 fully saturated rings. The van der Waals surface area contributed by atoms with Crippen LogP contribution in [0.4, 0.5) is 4.79 Å². The van der Waals surface area contributed by atoms with E-state index in [-0.39, 0.29) is 18.4 Å². The van der Waals surface area contributed by atoms with Crippen LogP contribution in [0.3, 0.4) is 0 Å². The lowest BCUT2D eigenvalue weighted by Crippen LogP contribution is -2.45. The molecule has 1 unspecified atom stereocenters. The molecule has 0 aliphatic heterocycles. The molecule has 1 aliphatic carbocycles. The Kier molecular flexibility index (Phi) is 5.26. The van der Waals surface area contributed by atoms with Crippen molar-refractivity contribution in [3.8, 4) is 11.1 Å². The number of alkyl carbamates (subject to hydrolysis) is 1. The van der Waals surface area contributed by atoms with Crippen LogP contribution in [0.25, 0.3) is 11.1 Å². The van der Waals surface area contributed by atoms with Gasteiger partial charge in [-0.05, 0) is 28.2 Å². The number of carboxylic acids is 1. The molecule has 26 heavy (non-hydrogen) atoms. The lowest BCUT2D eigenvalue weighted by molar-refractivity contribution is -0.140. The summed E-state index contributed by atoms with van der Waals surface area (Å²) in [5.74, 6) is -1.26. The van der Waals surface area contributed by atoms with E-state index in [1.807, 2.05) is 43.3 Å². The number of carbonyl (C=O) groups excluding carboxylic acids is 1. The first-order chi connectivity index (χ1) is 12.5. The number of nitrogens with one attached hydrogen (secondary N) is 1. The van der Waals surface area contributed by atoms with E-state index in [2.05, 4.69) is 17.4 Å². The summed E-state index contributed by atoms with van der Waals surface area (Å²) < 4.78 is 5.40. The molecule has 0 heterocycles. The van der Waals surface area contributed by atoms with Gasteiger partial charge in [0, 0.05) is 5.92 Å². The topological polar surface area (TPSA) is 75.6 Å². The number of hydrogen-bond acceptors (Lipinski definition) is 3. The van der Waals surface area contributed by atoms with Gasteiger partial charge < -0.3 is 15.2 Å². The van der Waals surface area contributed by atoms with Gasteiger partial charge in [0.1, 0.15) is 12.6 Å². The molecule has 0 saturated carbocycles. The molecule has 0 aromatic heterocycles. The van der Waals surface area contributed by atoms with Gasteiger partial charge in [-0.3, -0.25) is 0 Å². The fraction of sp³-hybridized carbons (Fsp3) is 0.333. The number of ether oxygens (including phenoxy) is 1. The number of aliphatic carboxylic acids is 1. The van der Waals surface area contributed by atoms with E-state index < -0.39 is 18.1 Å². The van der Waals surface area contributed by atoms with E-state index >= 15 is 0 Å². The summed E-state index contributed by atoms with van der Waals surface area (Å²) >= 11 is 0. The summed E-state index contributed by atoms with van der Waals surface area (Å²) in [4.78, 5) is 23.5. The number of carbonyl (C=O) groups is 2. The summed E-state index contributed by atoms with van der Waals surface area (Å²) in [6.45, 7) is 3.86. The largest absolute Gasteiger partial charge is 0.480 e. The monoisotopic (exact) mass is 354 g/mol. The molecule has 0 radical (unpaired) electrons. The molecule has 2 aromatic carbocycles. The van der Waals surface area contributed by atoms with Crippen molar-refractivity contribution in [2.75, 3.05) is 6.61 Å². The standard InChI is InChI=1S/C21H23NO4/c1-3-13(2)19(20(23)24)22-21(25)26-12-18-16-10-6-4-8-14(16)15-9-5-7-11-17(15)18/h4-11,13,18-19H,3,12H2,1-2H3,(H,22,25)(H,23,24)/t13?,19-/m0/s1/i22+1. The minimum absolute atomic E-state index is 0.0416. The van der Waals surface area contributed by atoms with E-state index in [0.717, 1.165) is 22.3 Å². The van der Waals surface area contributed by atoms with E-state index in [1.165, 1.54) is 0 Å². The maximum atomic E-state index is 12.2. The number of fused-ring (bicyclic) bond motifs is 3. The molecule has 0 spiro atoms. The third kappa shape index (κ3) is 3.43. The van der Waals surface area contributed by atoms with Crippen LogP contribution in [-0.4, -0.2) is 29.8 Å². The van der Waals surface area contributed by atoms with Gasteiger partial charge in [-0.2, -0.15) is 0 Å². The molecule has 136 valence electrons. The molecular formula is C21H23NO4. The fourth-order valence-corrected chi connectivity index (χ4v) is 3.45. The summed E-state index contributed by atoms with van der Waals surface area (Å²) in [5.41, 5.74) is 4.55.